The first-order chi connectivity index (χ1) is 9.98. The molecule has 1 N–H and O–H groups in total. The van der Waals surface area contributed by atoms with Crippen LogP contribution in [0.4, 0.5) is 0 Å². The van der Waals surface area contributed by atoms with Crippen LogP contribution in [0, 0.1) is 13.8 Å². The summed E-state index contributed by atoms with van der Waals surface area (Å²) in [4.78, 5) is 9.51. The zero-order valence-corrected chi connectivity index (χ0v) is 14.1. The van der Waals surface area contributed by atoms with Crippen LogP contribution in [-0.2, 0) is 16.8 Å². The molecule has 1 aromatic heterocycles. The first kappa shape index (κ1) is 16.4. The van der Waals surface area contributed by atoms with E-state index in [4.69, 9.17) is 14.7 Å². The summed E-state index contributed by atoms with van der Waals surface area (Å²) >= 11 is 0. The van der Waals surface area contributed by atoms with Gasteiger partial charge in [0.1, 0.15) is 5.60 Å². The minimum Gasteiger partial charge on any atom is -0.370 e. The molecule has 0 bridgehead atoms. The minimum absolute atomic E-state index is 0.215. The molecule has 0 unspecified atom stereocenters. The van der Waals surface area contributed by atoms with E-state index in [2.05, 4.69) is 33.0 Å². The first-order valence-corrected chi connectivity index (χ1v) is 8.11. The summed E-state index contributed by atoms with van der Waals surface area (Å²) in [6, 6.07) is 0.547. The molecule has 4 heteroatoms. The molecular formula is C17H29N3O. The predicted molar refractivity (Wildman–Crippen MR) is 85.5 cm³/mol. The Labute approximate surface area is 128 Å². The highest BCUT2D eigenvalue weighted by atomic mass is 16.5. The minimum atomic E-state index is -0.215. The topological polar surface area (TPSA) is 47.0 Å². The molecule has 0 radical (unpaired) electrons. The lowest BCUT2D eigenvalue weighted by Crippen LogP contribution is -2.38. The average molecular weight is 291 g/mol. The molecule has 21 heavy (non-hydrogen) atoms. The molecule has 0 amide bonds. The van der Waals surface area contributed by atoms with Crippen LogP contribution in [0.15, 0.2) is 0 Å². The van der Waals surface area contributed by atoms with Crippen LogP contribution in [0.2, 0.25) is 0 Å². The maximum atomic E-state index is 5.70. The van der Waals surface area contributed by atoms with Gasteiger partial charge in [0.15, 0.2) is 5.82 Å². The molecule has 1 fully saturated rings. The largest absolute Gasteiger partial charge is 0.370 e. The molecule has 1 aromatic rings. The SMILES string of the molecule is COC1(c2nc(C)c(CCCNC(C)C)c(C)n2)CCC1. The summed E-state index contributed by atoms with van der Waals surface area (Å²) in [7, 11) is 1.78. The smallest absolute Gasteiger partial charge is 0.160 e. The number of aromatic nitrogens is 2. The van der Waals surface area contributed by atoms with Gasteiger partial charge in [-0.2, -0.15) is 0 Å². The van der Waals surface area contributed by atoms with Crippen LogP contribution in [0.5, 0.6) is 0 Å². The van der Waals surface area contributed by atoms with Crippen molar-refractivity contribution in [3.05, 3.63) is 22.8 Å². The van der Waals surface area contributed by atoms with Crippen molar-refractivity contribution in [2.75, 3.05) is 13.7 Å². The zero-order valence-electron chi connectivity index (χ0n) is 14.1. The van der Waals surface area contributed by atoms with Crippen molar-refractivity contribution < 1.29 is 4.74 Å². The fourth-order valence-electron chi connectivity index (χ4n) is 2.98. The van der Waals surface area contributed by atoms with Crippen molar-refractivity contribution in [1.82, 2.24) is 15.3 Å². The third-order valence-corrected chi connectivity index (χ3v) is 4.54. The second-order valence-corrected chi connectivity index (χ2v) is 6.46. The van der Waals surface area contributed by atoms with E-state index < -0.39 is 0 Å². The number of hydrogen-bond donors (Lipinski definition) is 1. The second-order valence-electron chi connectivity index (χ2n) is 6.46. The van der Waals surface area contributed by atoms with Crippen molar-refractivity contribution in [3.8, 4) is 0 Å². The van der Waals surface area contributed by atoms with Crippen LogP contribution in [-0.4, -0.2) is 29.7 Å². The van der Waals surface area contributed by atoms with Gasteiger partial charge in [-0.1, -0.05) is 13.8 Å². The Bertz CT molecular complexity index is 452. The van der Waals surface area contributed by atoms with Gasteiger partial charge in [0.05, 0.1) is 0 Å². The van der Waals surface area contributed by atoms with E-state index in [9.17, 15) is 0 Å². The Morgan fingerprint density at radius 1 is 1.19 bits per heavy atom. The lowest BCUT2D eigenvalue weighted by Gasteiger charge is -2.39. The molecule has 1 saturated carbocycles. The molecule has 1 aliphatic rings. The van der Waals surface area contributed by atoms with Gasteiger partial charge < -0.3 is 10.1 Å². The molecule has 0 spiro atoms. The van der Waals surface area contributed by atoms with Gasteiger partial charge >= 0.3 is 0 Å². The standard InChI is InChI=1S/C17H29N3O/c1-12(2)18-11-6-8-15-13(3)19-16(20-14(15)4)17(21-5)9-7-10-17/h12,18H,6-11H2,1-5H3. The van der Waals surface area contributed by atoms with Crippen molar-refractivity contribution in [2.45, 2.75) is 71.4 Å². The van der Waals surface area contributed by atoms with Gasteiger partial charge in [0.25, 0.3) is 0 Å². The van der Waals surface area contributed by atoms with Gasteiger partial charge in [-0.3, -0.25) is 0 Å². The average Bonchev–Trinajstić information content (AvgIpc) is 2.36. The molecule has 4 nitrogen and oxygen atoms in total. The van der Waals surface area contributed by atoms with Gasteiger partial charge in [-0.05, 0) is 58.1 Å². The van der Waals surface area contributed by atoms with E-state index in [1.165, 1.54) is 12.0 Å². The van der Waals surface area contributed by atoms with Crippen LogP contribution < -0.4 is 5.32 Å². The van der Waals surface area contributed by atoms with Gasteiger partial charge in [0, 0.05) is 24.5 Å². The molecule has 0 aliphatic heterocycles. The number of rotatable bonds is 7. The lowest BCUT2D eigenvalue weighted by atomic mass is 9.79. The molecule has 0 saturated heterocycles. The summed E-state index contributed by atoms with van der Waals surface area (Å²) in [5, 5.41) is 3.46. The third-order valence-electron chi connectivity index (χ3n) is 4.54. The van der Waals surface area contributed by atoms with Crippen molar-refractivity contribution in [1.29, 1.82) is 0 Å². The Morgan fingerprint density at radius 3 is 2.24 bits per heavy atom. The Balaban J connectivity index is 2.07. The van der Waals surface area contributed by atoms with Gasteiger partial charge in [-0.15, -0.1) is 0 Å². The van der Waals surface area contributed by atoms with E-state index in [-0.39, 0.29) is 5.60 Å². The van der Waals surface area contributed by atoms with Crippen LogP contribution in [0.3, 0.4) is 0 Å². The van der Waals surface area contributed by atoms with E-state index >= 15 is 0 Å². The molecule has 1 heterocycles. The third kappa shape index (κ3) is 3.61. The number of nitrogens with one attached hydrogen (secondary N) is 1. The van der Waals surface area contributed by atoms with Gasteiger partial charge in [-0.25, -0.2) is 9.97 Å². The molecule has 1 aliphatic carbocycles. The fraction of sp³-hybridized carbons (Fsp3) is 0.765. The fourth-order valence-corrected chi connectivity index (χ4v) is 2.98. The molecular weight excluding hydrogens is 262 g/mol. The summed E-state index contributed by atoms with van der Waals surface area (Å²) in [6.07, 6.45) is 5.45. The summed E-state index contributed by atoms with van der Waals surface area (Å²) in [5.74, 6) is 0.885. The normalized spacial score (nSPS) is 17.0. The van der Waals surface area contributed by atoms with Crippen molar-refractivity contribution in [3.63, 3.8) is 0 Å². The summed E-state index contributed by atoms with van der Waals surface area (Å²) < 4.78 is 5.70. The molecule has 0 atom stereocenters. The highest BCUT2D eigenvalue weighted by Gasteiger charge is 2.42. The highest BCUT2D eigenvalue weighted by Crippen LogP contribution is 2.42. The number of aryl methyl sites for hydroxylation is 2. The van der Waals surface area contributed by atoms with Gasteiger partial charge in [0.2, 0.25) is 0 Å². The summed E-state index contributed by atoms with van der Waals surface area (Å²) in [5.41, 5.74) is 3.32. The first-order valence-electron chi connectivity index (χ1n) is 8.11. The zero-order chi connectivity index (χ0) is 15.5. The van der Waals surface area contributed by atoms with E-state index in [0.29, 0.717) is 6.04 Å². The number of hydrogen-bond acceptors (Lipinski definition) is 4. The van der Waals surface area contributed by atoms with Crippen LogP contribution in [0.1, 0.15) is 62.3 Å². The van der Waals surface area contributed by atoms with E-state index in [0.717, 1.165) is 49.4 Å². The monoisotopic (exact) mass is 291 g/mol. The Morgan fingerprint density at radius 2 is 1.81 bits per heavy atom. The molecule has 2 rings (SSSR count). The molecule has 118 valence electrons. The maximum absolute atomic E-state index is 5.70. The Hall–Kier alpha value is -1.00. The van der Waals surface area contributed by atoms with Crippen molar-refractivity contribution in [2.24, 2.45) is 0 Å². The molecule has 0 aromatic carbocycles. The number of methoxy groups -OCH3 is 1. The predicted octanol–water partition coefficient (Wildman–Crippen LogP) is 3.05. The quantitative estimate of drug-likeness (QED) is 0.784. The highest BCUT2D eigenvalue weighted by molar-refractivity contribution is 5.26. The van der Waals surface area contributed by atoms with Crippen LogP contribution in [0.25, 0.3) is 0 Å². The Kier molecular flexibility index (Phi) is 5.33. The van der Waals surface area contributed by atoms with E-state index in [1.807, 2.05) is 0 Å². The maximum Gasteiger partial charge on any atom is 0.160 e. The number of nitrogens with zero attached hydrogens (tertiary/aromatic N) is 2. The second kappa shape index (κ2) is 6.84. The van der Waals surface area contributed by atoms with E-state index in [1.54, 1.807) is 7.11 Å². The van der Waals surface area contributed by atoms with Crippen LogP contribution >= 0.6 is 0 Å². The summed E-state index contributed by atoms with van der Waals surface area (Å²) in [6.45, 7) is 9.60. The lowest BCUT2D eigenvalue weighted by molar-refractivity contribution is -0.0848. The number of ether oxygens (including phenoxy) is 1. The van der Waals surface area contributed by atoms with Crippen molar-refractivity contribution >= 4 is 0 Å².